The highest BCUT2D eigenvalue weighted by atomic mass is 16.5. The van der Waals surface area contributed by atoms with Gasteiger partial charge in [0.1, 0.15) is 17.5 Å². The number of nitrogens with zero attached hydrogens (tertiary/aromatic N) is 3. The Kier molecular flexibility index (Phi) is 5.79. The largest absolute Gasteiger partial charge is 0.384 e. The Labute approximate surface area is 128 Å². The molecule has 1 saturated heterocycles. The third-order valence-corrected chi connectivity index (χ3v) is 3.81. The van der Waals surface area contributed by atoms with E-state index in [0.717, 1.165) is 50.1 Å². The lowest BCUT2D eigenvalue weighted by Gasteiger charge is -2.20. The second kappa shape index (κ2) is 7.59. The molecule has 118 valence electrons. The van der Waals surface area contributed by atoms with Gasteiger partial charge in [-0.05, 0) is 12.8 Å². The zero-order chi connectivity index (χ0) is 15.2. The van der Waals surface area contributed by atoms with Crippen LogP contribution in [0.3, 0.4) is 0 Å². The summed E-state index contributed by atoms with van der Waals surface area (Å²) in [6.45, 7) is 10.3. The Hall–Kier alpha value is -1.36. The third-order valence-electron chi connectivity index (χ3n) is 3.81. The van der Waals surface area contributed by atoms with Crippen molar-refractivity contribution in [3.8, 4) is 0 Å². The van der Waals surface area contributed by atoms with Gasteiger partial charge in [0, 0.05) is 44.6 Å². The number of aromatic nitrogens is 2. The zero-order valence-electron chi connectivity index (χ0n) is 13.7. The van der Waals surface area contributed by atoms with E-state index in [0.29, 0.717) is 11.8 Å². The molecular weight excluding hydrogens is 264 g/mol. The average Bonchev–Trinajstić information content (AvgIpc) is 2.94. The summed E-state index contributed by atoms with van der Waals surface area (Å²) in [6.07, 6.45) is 2.27. The summed E-state index contributed by atoms with van der Waals surface area (Å²) in [5.41, 5.74) is 0. The molecule has 0 aliphatic carbocycles. The summed E-state index contributed by atoms with van der Waals surface area (Å²) in [6, 6.07) is 2.08. The molecule has 0 bridgehead atoms. The molecule has 1 atom stereocenters. The molecule has 0 amide bonds. The highest BCUT2D eigenvalue weighted by Crippen LogP contribution is 2.25. The van der Waals surface area contributed by atoms with Crippen LogP contribution in [-0.2, 0) is 4.74 Å². The summed E-state index contributed by atoms with van der Waals surface area (Å²) in [5, 5.41) is 3.39. The molecule has 0 aromatic carbocycles. The maximum absolute atomic E-state index is 5.28. The normalized spacial score (nSPS) is 18.5. The van der Waals surface area contributed by atoms with Crippen LogP contribution >= 0.6 is 0 Å². The molecule has 1 aliphatic rings. The lowest BCUT2D eigenvalue weighted by atomic mass is 10.1. The predicted octanol–water partition coefficient (Wildman–Crippen LogP) is 2.89. The number of methoxy groups -OCH3 is 1. The van der Waals surface area contributed by atoms with Crippen molar-refractivity contribution in [3.63, 3.8) is 0 Å². The van der Waals surface area contributed by atoms with Crippen LogP contribution in [0.4, 0.5) is 11.6 Å². The van der Waals surface area contributed by atoms with Crippen LogP contribution in [0, 0.1) is 5.92 Å². The van der Waals surface area contributed by atoms with Crippen molar-refractivity contribution in [1.29, 1.82) is 0 Å². The fourth-order valence-electron chi connectivity index (χ4n) is 2.63. The minimum absolute atomic E-state index is 0.338. The Morgan fingerprint density at radius 3 is 2.90 bits per heavy atom. The van der Waals surface area contributed by atoms with Gasteiger partial charge in [-0.15, -0.1) is 0 Å². The summed E-state index contributed by atoms with van der Waals surface area (Å²) in [7, 11) is 1.77. The number of nitrogens with one attached hydrogen (secondary N) is 1. The van der Waals surface area contributed by atoms with Crippen molar-refractivity contribution in [1.82, 2.24) is 9.97 Å². The highest BCUT2D eigenvalue weighted by Gasteiger charge is 2.24. The molecule has 0 spiro atoms. The molecule has 1 aromatic heterocycles. The summed E-state index contributed by atoms with van der Waals surface area (Å²) >= 11 is 0. The quantitative estimate of drug-likeness (QED) is 0.837. The molecule has 0 radical (unpaired) electrons. The number of ether oxygens (including phenoxy) is 1. The summed E-state index contributed by atoms with van der Waals surface area (Å²) < 4.78 is 5.28. The molecule has 1 aliphatic heterocycles. The fraction of sp³-hybridized carbons (Fsp3) is 0.750. The molecule has 2 rings (SSSR count). The number of hydrogen-bond acceptors (Lipinski definition) is 5. The van der Waals surface area contributed by atoms with E-state index in [1.54, 1.807) is 7.11 Å². The molecular formula is C16H28N4O. The van der Waals surface area contributed by atoms with Crippen molar-refractivity contribution in [3.05, 3.63) is 11.9 Å². The van der Waals surface area contributed by atoms with Crippen LogP contribution in [0.25, 0.3) is 0 Å². The van der Waals surface area contributed by atoms with E-state index in [-0.39, 0.29) is 0 Å². The predicted molar refractivity (Wildman–Crippen MR) is 87.1 cm³/mol. The lowest BCUT2D eigenvalue weighted by molar-refractivity contribution is 0.161. The van der Waals surface area contributed by atoms with E-state index < -0.39 is 0 Å². The van der Waals surface area contributed by atoms with Crippen LogP contribution < -0.4 is 10.2 Å². The molecule has 5 nitrogen and oxygen atoms in total. The van der Waals surface area contributed by atoms with E-state index in [4.69, 9.17) is 9.72 Å². The fourth-order valence-corrected chi connectivity index (χ4v) is 2.63. The Balaban J connectivity index is 2.16. The first kappa shape index (κ1) is 16.0. The highest BCUT2D eigenvalue weighted by molar-refractivity contribution is 5.50. The van der Waals surface area contributed by atoms with E-state index in [2.05, 4.69) is 42.0 Å². The molecule has 5 heteroatoms. The van der Waals surface area contributed by atoms with E-state index >= 15 is 0 Å². The third kappa shape index (κ3) is 4.30. The van der Waals surface area contributed by atoms with E-state index in [1.807, 2.05) is 0 Å². The molecule has 2 heterocycles. The molecule has 1 N–H and O–H groups in total. The summed E-state index contributed by atoms with van der Waals surface area (Å²) in [4.78, 5) is 11.7. The van der Waals surface area contributed by atoms with Crippen molar-refractivity contribution >= 4 is 11.6 Å². The first-order valence-corrected chi connectivity index (χ1v) is 8.00. The second-order valence-electron chi connectivity index (χ2n) is 6.11. The van der Waals surface area contributed by atoms with Crippen LogP contribution in [0.2, 0.25) is 0 Å². The first-order valence-electron chi connectivity index (χ1n) is 8.00. The van der Waals surface area contributed by atoms with Gasteiger partial charge in [-0.1, -0.05) is 20.8 Å². The second-order valence-corrected chi connectivity index (χ2v) is 6.11. The van der Waals surface area contributed by atoms with E-state index in [9.17, 15) is 0 Å². The van der Waals surface area contributed by atoms with Gasteiger partial charge in [0.15, 0.2) is 0 Å². The van der Waals surface area contributed by atoms with Gasteiger partial charge in [0.2, 0.25) is 0 Å². The minimum atomic E-state index is 0.338. The SMILES string of the molecule is CCCNc1cc(N2CCC(COC)C2)nc(C(C)C)n1. The lowest BCUT2D eigenvalue weighted by Crippen LogP contribution is -2.23. The van der Waals surface area contributed by atoms with Crippen LogP contribution in [0.5, 0.6) is 0 Å². The zero-order valence-corrected chi connectivity index (χ0v) is 13.7. The van der Waals surface area contributed by atoms with Crippen LogP contribution in [-0.4, -0.2) is 43.3 Å². The Morgan fingerprint density at radius 2 is 2.24 bits per heavy atom. The first-order chi connectivity index (χ1) is 10.1. The van der Waals surface area contributed by atoms with Crippen LogP contribution in [0.1, 0.15) is 45.4 Å². The molecule has 0 saturated carbocycles. The van der Waals surface area contributed by atoms with Gasteiger partial charge >= 0.3 is 0 Å². The van der Waals surface area contributed by atoms with Gasteiger partial charge in [-0.25, -0.2) is 9.97 Å². The molecule has 1 fully saturated rings. The van der Waals surface area contributed by atoms with Gasteiger partial charge in [-0.3, -0.25) is 0 Å². The average molecular weight is 292 g/mol. The summed E-state index contributed by atoms with van der Waals surface area (Å²) in [5.74, 6) is 3.86. The smallest absolute Gasteiger partial charge is 0.135 e. The van der Waals surface area contributed by atoms with Gasteiger partial charge in [-0.2, -0.15) is 0 Å². The van der Waals surface area contributed by atoms with Gasteiger partial charge < -0.3 is 15.0 Å². The number of rotatable bonds is 7. The number of hydrogen-bond donors (Lipinski definition) is 1. The Bertz CT molecular complexity index is 450. The van der Waals surface area contributed by atoms with Crippen molar-refractivity contribution in [2.75, 3.05) is 43.6 Å². The van der Waals surface area contributed by atoms with Crippen molar-refractivity contribution in [2.45, 2.75) is 39.5 Å². The van der Waals surface area contributed by atoms with Crippen LogP contribution in [0.15, 0.2) is 6.07 Å². The van der Waals surface area contributed by atoms with Crippen molar-refractivity contribution < 1.29 is 4.74 Å². The Morgan fingerprint density at radius 1 is 1.43 bits per heavy atom. The minimum Gasteiger partial charge on any atom is -0.384 e. The van der Waals surface area contributed by atoms with Gasteiger partial charge in [0.25, 0.3) is 0 Å². The van der Waals surface area contributed by atoms with E-state index in [1.165, 1.54) is 6.42 Å². The topological polar surface area (TPSA) is 50.3 Å². The van der Waals surface area contributed by atoms with Gasteiger partial charge in [0.05, 0.1) is 6.61 Å². The monoisotopic (exact) mass is 292 g/mol. The molecule has 1 aromatic rings. The maximum Gasteiger partial charge on any atom is 0.135 e. The molecule has 21 heavy (non-hydrogen) atoms. The standard InChI is InChI=1S/C16H28N4O/c1-5-7-17-14-9-15(19-16(18-14)12(2)3)20-8-6-13(10-20)11-21-4/h9,12-13H,5-8,10-11H2,1-4H3,(H,17,18,19). The molecule has 1 unspecified atom stereocenters. The van der Waals surface area contributed by atoms with Crippen molar-refractivity contribution in [2.24, 2.45) is 5.92 Å². The number of anilines is 2. The maximum atomic E-state index is 5.28.